The summed E-state index contributed by atoms with van der Waals surface area (Å²) in [5, 5.41) is 0. The zero-order valence-corrected chi connectivity index (χ0v) is 7.85. The molecule has 0 spiro atoms. The second kappa shape index (κ2) is 4.73. The van der Waals surface area contributed by atoms with Gasteiger partial charge in [-0.1, -0.05) is 18.8 Å². The molecular weight excluding hydrogens is 184 g/mol. The van der Waals surface area contributed by atoms with E-state index in [-0.39, 0.29) is 11.6 Å². The van der Waals surface area contributed by atoms with Gasteiger partial charge in [0.1, 0.15) is 11.6 Å². The molecular formula is C11H11F2N. The Kier molecular flexibility index (Phi) is 3.61. The minimum absolute atomic E-state index is 0.0499. The molecule has 0 fully saturated rings. The first-order valence-corrected chi connectivity index (χ1v) is 4.35. The van der Waals surface area contributed by atoms with E-state index in [1.807, 2.05) is 6.92 Å². The largest absolute Gasteiger partial charge is 0.318 e. The van der Waals surface area contributed by atoms with Crippen LogP contribution in [0.1, 0.15) is 18.9 Å². The van der Waals surface area contributed by atoms with Gasteiger partial charge in [-0.25, -0.2) is 8.78 Å². The van der Waals surface area contributed by atoms with Gasteiger partial charge in [-0.3, -0.25) is 0 Å². The van der Waals surface area contributed by atoms with Crippen molar-refractivity contribution in [3.05, 3.63) is 35.4 Å². The quantitative estimate of drug-likeness (QED) is 0.682. The van der Waals surface area contributed by atoms with Crippen LogP contribution < -0.4 is 5.73 Å². The lowest BCUT2D eigenvalue weighted by atomic mass is 10.2. The van der Waals surface area contributed by atoms with E-state index in [1.54, 1.807) is 0 Å². The lowest BCUT2D eigenvalue weighted by Gasteiger charge is -1.97. The molecule has 0 radical (unpaired) electrons. The molecule has 14 heavy (non-hydrogen) atoms. The Morgan fingerprint density at radius 1 is 1.43 bits per heavy atom. The molecule has 1 unspecified atom stereocenters. The number of hydrogen-bond acceptors (Lipinski definition) is 1. The molecule has 0 aliphatic carbocycles. The van der Waals surface area contributed by atoms with E-state index in [0.29, 0.717) is 6.42 Å². The zero-order valence-electron chi connectivity index (χ0n) is 7.85. The molecule has 0 aliphatic heterocycles. The fourth-order valence-electron chi connectivity index (χ4n) is 0.866. The Morgan fingerprint density at radius 3 is 2.79 bits per heavy atom. The molecule has 1 aromatic carbocycles. The molecule has 0 saturated carbocycles. The molecule has 0 bridgehead atoms. The fourth-order valence-corrected chi connectivity index (χ4v) is 0.866. The second-order valence-electron chi connectivity index (χ2n) is 2.91. The number of halogens is 2. The van der Waals surface area contributed by atoms with Gasteiger partial charge in [0.15, 0.2) is 0 Å². The lowest BCUT2D eigenvalue weighted by molar-refractivity contribution is 0.597. The van der Waals surface area contributed by atoms with E-state index in [1.165, 1.54) is 0 Å². The SMILES string of the molecule is CCC(N)C#Cc1cc(F)ccc1F. The normalized spacial score (nSPS) is 11.7. The Labute approximate surface area is 81.9 Å². The molecule has 0 aromatic heterocycles. The minimum atomic E-state index is -0.526. The fraction of sp³-hybridized carbons (Fsp3) is 0.273. The molecule has 0 amide bonds. The standard InChI is InChI=1S/C11H11F2N/c1-2-10(14)5-3-8-7-9(12)4-6-11(8)13/h4,6-7,10H,2,14H2,1H3. The summed E-state index contributed by atoms with van der Waals surface area (Å²) < 4.78 is 25.7. The van der Waals surface area contributed by atoms with Gasteiger partial charge in [0.25, 0.3) is 0 Å². The van der Waals surface area contributed by atoms with E-state index in [9.17, 15) is 8.78 Å². The van der Waals surface area contributed by atoms with Gasteiger partial charge in [0.2, 0.25) is 0 Å². The van der Waals surface area contributed by atoms with Crippen molar-refractivity contribution in [1.29, 1.82) is 0 Å². The van der Waals surface area contributed by atoms with E-state index >= 15 is 0 Å². The maximum absolute atomic E-state index is 13.0. The van der Waals surface area contributed by atoms with Crippen molar-refractivity contribution in [3.8, 4) is 11.8 Å². The van der Waals surface area contributed by atoms with Crippen LogP contribution in [0.4, 0.5) is 8.78 Å². The number of rotatable bonds is 1. The number of hydrogen-bond donors (Lipinski definition) is 1. The summed E-state index contributed by atoms with van der Waals surface area (Å²) in [5.74, 6) is 4.13. The van der Waals surface area contributed by atoms with Crippen LogP contribution in [0.3, 0.4) is 0 Å². The molecule has 0 saturated heterocycles. The highest BCUT2D eigenvalue weighted by atomic mass is 19.1. The van der Waals surface area contributed by atoms with Gasteiger partial charge in [0, 0.05) is 0 Å². The average molecular weight is 195 g/mol. The summed E-state index contributed by atoms with van der Waals surface area (Å²) in [6.45, 7) is 1.88. The van der Waals surface area contributed by atoms with Gasteiger partial charge in [-0.2, -0.15) is 0 Å². The van der Waals surface area contributed by atoms with E-state index in [0.717, 1.165) is 18.2 Å². The van der Waals surface area contributed by atoms with Gasteiger partial charge < -0.3 is 5.73 Å². The third kappa shape index (κ3) is 2.82. The zero-order chi connectivity index (χ0) is 10.6. The van der Waals surface area contributed by atoms with Crippen molar-refractivity contribution in [3.63, 3.8) is 0 Å². The maximum Gasteiger partial charge on any atom is 0.139 e. The summed E-state index contributed by atoms with van der Waals surface area (Å²) in [5.41, 5.74) is 5.57. The van der Waals surface area contributed by atoms with Crippen molar-refractivity contribution in [2.75, 3.05) is 0 Å². The molecule has 3 heteroatoms. The van der Waals surface area contributed by atoms with Crippen LogP contribution >= 0.6 is 0 Å². The highest BCUT2D eigenvalue weighted by Gasteiger charge is 2.00. The molecule has 1 rings (SSSR count). The van der Waals surface area contributed by atoms with Crippen molar-refractivity contribution < 1.29 is 8.78 Å². The van der Waals surface area contributed by atoms with Crippen LogP contribution in [-0.2, 0) is 0 Å². The maximum atomic E-state index is 13.0. The molecule has 0 aliphatic rings. The predicted octanol–water partition coefficient (Wildman–Crippen LogP) is 2.05. The van der Waals surface area contributed by atoms with Crippen molar-refractivity contribution in [2.24, 2.45) is 5.73 Å². The van der Waals surface area contributed by atoms with E-state index < -0.39 is 11.6 Å². The summed E-state index contributed by atoms with van der Waals surface area (Å²) >= 11 is 0. The Hall–Kier alpha value is -1.40. The number of benzene rings is 1. The van der Waals surface area contributed by atoms with Gasteiger partial charge >= 0.3 is 0 Å². The summed E-state index contributed by atoms with van der Waals surface area (Å²) in [4.78, 5) is 0. The van der Waals surface area contributed by atoms with Crippen LogP contribution in [0.5, 0.6) is 0 Å². The van der Waals surface area contributed by atoms with Crippen molar-refractivity contribution >= 4 is 0 Å². The lowest BCUT2D eigenvalue weighted by Crippen LogP contribution is -2.15. The molecule has 0 heterocycles. The van der Waals surface area contributed by atoms with E-state index in [2.05, 4.69) is 11.8 Å². The third-order valence-corrected chi connectivity index (χ3v) is 1.76. The second-order valence-corrected chi connectivity index (χ2v) is 2.91. The monoisotopic (exact) mass is 195 g/mol. The summed E-state index contributed by atoms with van der Waals surface area (Å²) in [6, 6.07) is 2.87. The van der Waals surface area contributed by atoms with Gasteiger partial charge in [-0.15, -0.1) is 0 Å². The molecule has 74 valence electrons. The van der Waals surface area contributed by atoms with Crippen LogP contribution in [0, 0.1) is 23.5 Å². The van der Waals surface area contributed by atoms with Crippen molar-refractivity contribution in [2.45, 2.75) is 19.4 Å². The number of nitrogens with two attached hydrogens (primary N) is 1. The highest BCUT2D eigenvalue weighted by Crippen LogP contribution is 2.07. The minimum Gasteiger partial charge on any atom is -0.318 e. The first-order valence-electron chi connectivity index (χ1n) is 4.35. The third-order valence-electron chi connectivity index (χ3n) is 1.76. The highest BCUT2D eigenvalue weighted by molar-refractivity contribution is 5.36. The molecule has 1 nitrogen and oxygen atoms in total. The summed E-state index contributed by atoms with van der Waals surface area (Å²) in [6.07, 6.45) is 0.684. The molecule has 1 aromatic rings. The Balaban J connectivity index is 2.94. The predicted molar refractivity (Wildman–Crippen MR) is 51.5 cm³/mol. The van der Waals surface area contributed by atoms with Crippen LogP contribution in [0.2, 0.25) is 0 Å². The first kappa shape index (κ1) is 10.7. The average Bonchev–Trinajstić information content (AvgIpc) is 2.19. The topological polar surface area (TPSA) is 26.0 Å². The Morgan fingerprint density at radius 2 is 2.14 bits per heavy atom. The Bertz CT molecular complexity index is 377. The first-order chi connectivity index (χ1) is 6.63. The van der Waals surface area contributed by atoms with E-state index in [4.69, 9.17) is 5.73 Å². The van der Waals surface area contributed by atoms with Gasteiger partial charge in [-0.05, 0) is 24.6 Å². The molecule has 1 atom stereocenters. The van der Waals surface area contributed by atoms with Crippen LogP contribution in [0.25, 0.3) is 0 Å². The molecule has 2 N–H and O–H groups in total. The van der Waals surface area contributed by atoms with Gasteiger partial charge in [0.05, 0.1) is 11.6 Å². The van der Waals surface area contributed by atoms with Crippen molar-refractivity contribution in [1.82, 2.24) is 0 Å². The smallest absolute Gasteiger partial charge is 0.139 e. The van der Waals surface area contributed by atoms with Crippen LogP contribution in [0.15, 0.2) is 18.2 Å². The summed E-state index contributed by atoms with van der Waals surface area (Å²) in [7, 11) is 0. The van der Waals surface area contributed by atoms with Crippen LogP contribution in [-0.4, -0.2) is 6.04 Å².